The van der Waals surface area contributed by atoms with Crippen molar-refractivity contribution in [3.05, 3.63) is 63.1 Å². The summed E-state index contributed by atoms with van der Waals surface area (Å²) in [5.74, 6) is 0. The predicted molar refractivity (Wildman–Crippen MR) is 93.1 cm³/mol. The Bertz CT molecular complexity index is 968. The zero-order valence-electron chi connectivity index (χ0n) is 14.1. The number of fused-ring (bicyclic) bond motifs is 1. The maximum atomic E-state index is 12.6. The fourth-order valence-electron chi connectivity index (χ4n) is 2.85. The Morgan fingerprint density at radius 3 is 2.58 bits per heavy atom. The third-order valence-electron chi connectivity index (χ3n) is 4.29. The molecule has 2 heterocycles. The third kappa shape index (κ3) is 2.78. The Morgan fingerprint density at radius 2 is 1.88 bits per heavy atom. The summed E-state index contributed by atoms with van der Waals surface area (Å²) in [6.07, 6.45) is 1.55. The monoisotopic (exact) mass is 327 g/mol. The van der Waals surface area contributed by atoms with Crippen LogP contribution in [0.5, 0.6) is 0 Å². The van der Waals surface area contributed by atoms with E-state index in [0.717, 1.165) is 0 Å². The van der Waals surface area contributed by atoms with Crippen LogP contribution in [-0.4, -0.2) is 25.2 Å². The molecule has 7 nitrogen and oxygen atoms in total. The number of nitrogens with one attached hydrogen (secondary N) is 1. The van der Waals surface area contributed by atoms with Crippen molar-refractivity contribution in [3.63, 3.8) is 0 Å². The van der Waals surface area contributed by atoms with E-state index in [1.165, 1.54) is 14.7 Å². The molecule has 0 aliphatic heterocycles. The van der Waals surface area contributed by atoms with Crippen LogP contribution in [0.3, 0.4) is 0 Å². The molecule has 0 fully saturated rings. The fraction of sp³-hybridized carbons (Fsp3) is 0.353. The first-order valence-corrected chi connectivity index (χ1v) is 7.90. The van der Waals surface area contributed by atoms with Gasteiger partial charge in [0.15, 0.2) is 11.2 Å². The molecule has 1 atom stereocenters. The number of imidazole rings is 1. The first-order valence-electron chi connectivity index (χ1n) is 7.90. The fourth-order valence-corrected chi connectivity index (χ4v) is 2.85. The Kier molecular flexibility index (Phi) is 4.35. The Hall–Kier alpha value is -2.67. The predicted octanol–water partition coefficient (Wildman–Crippen LogP) is 0.785. The molecule has 3 aromatic rings. The number of benzene rings is 1. The van der Waals surface area contributed by atoms with Crippen LogP contribution in [-0.2, 0) is 20.6 Å². The molecule has 0 spiro atoms. The average Bonchev–Trinajstić information content (AvgIpc) is 2.98. The maximum Gasteiger partial charge on any atom is 0.332 e. The molecule has 0 aliphatic carbocycles. The average molecular weight is 327 g/mol. The summed E-state index contributed by atoms with van der Waals surface area (Å²) >= 11 is 0. The normalized spacial score (nSPS) is 12.6. The van der Waals surface area contributed by atoms with Crippen LogP contribution >= 0.6 is 0 Å². The van der Waals surface area contributed by atoms with E-state index < -0.39 is 0 Å². The van der Waals surface area contributed by atoms with Crippen LogP contribution in [0.15, 0.2) is 46.2 Å². The van der Waals surface area contributed by atoms with Crippen molar-refractivity contribution in [1.29, 1.82) is 0 Å². The van der Waals surface area contributed by atoms with Gasteiger partial charge < -0.3 is 9.88 Å². The van der Waals surface area contributed by atoms with Gasteiger partial charge in [-0.1, -0.05) is 30.3 Å². The molecule has 3 rings (SSSR count). The molecule has 0 saturated carbocycles. The minimum atomic E-state index is -0.347. The van der Waals surface area contributed by atoms with Crippen molar-refractivity contribution in [1.82, 2.24) is 24.0 Å². The highest BCUT2D eigenvalue weighted by Gasteiger charge is 2.14. The van der Waals surface area contributed by atoms with E-state index in [0.29, 0.717) is 24.3 Å². The number of hydrogen-bond acceptors (Lipinski definition) is 4. The minimum absolute atomic E-state index is 0.145. The number of rotatable bonds is 5. The molecule has 1 unspecified atom stereocenters. The highest BCUT2D eigenvalue weighted by molar-refractivity contribution is 5.69. The smallest absolute Gasteiger partial charge is 0.328 e. The van der Waals surface area contributed by atoms with Crippen LogP contribution in [0.25, 0.3) is 11.2 Å². The van der Waals surface area contributed by atoms with Gasteiger partial charge in [-0.05, 0) is 12.5 Å². The minimum Gasteiger partial charge on any atom is -0.328 e. The van der Waals surface area contributed by atoms with Crippen molar-refractivity contribution < 1.29 is 0 Å². The maximum absolute atomic E-state index is 12.6. The summed E-state index contributed by atoms with van der Waals surface area (Å²) in [5.41, 5.74) is 1.37. The Labute approximate surface area is 139 Å². The van der Waals surface area contributed by atoms with Crippen LogP contribution < -0.4 is 16.6 Å². The molecular formula is C17H21N5O2. The van der Waals surface area contributed by atoms with E-state index in [-0.39, 0.29) is 17.3 Å². The number of nitrogens with zero attached hydrogens (tertiary/aromatic N) is 4. The van der Waals surface area contributed by atoms with Crippen LogP contribution in [0.1, 0.15) is 18.5 Å². The second kappa shape index (κ2) is 6.45. The standard InChI is InChI=1S/C17H21N5O2/c1-12(13-7-5-4-6-8-13)18-9-10-22-16(23)14-15(19-11-20(14)2)21(3)17(22)24/h4-8,11-12,18H,9-10H2,1-3H3. The molecule has 126 valence electrons. The van der Waals surface area contributed by atoms with E-state index in [2.05, 4.69) is 17.2 Å². The van der Waals surface area contributed by atoms with Crippen LogP contribution in [0.2, 0.25) is 0 Å². The number of hydrogen-bond donors (Lipinski definition) is 1. The molecule has 0 bridgehead atoms. The largest absolute Gasteiger partial charge is 0.332 e. The van der Waals surface area contributed by atoms with Gasteiger partial charge in [0.05, 0.1) is 6.33 Å². The first kappa shape index (κ1) is 16.2. The van der Waals surface area contributed by atoms with E-state index in [4.69, 9.17) is 0 Å². The number of aromatic nitrogens is 4. The third-order valence-corrected chi connectivity index (χ3v) is 4.29. The number of aryl methyl sites for hydroxylation is 2. The highest BCUT2D eigenvalue weighted by Crippen LogP contribution is 2.10. The molecule has 1 aromatic carbocycles. The van der Waals surface area contributed by atoms with Crippen molar-refractivity contribution in [2.24, 2.45) is 14.1 Å². The quantitative estimate of drug-likeness (QED) is 0.752. The van der Waals surface area contributed by atoms with Gasteiger partial charge in [-0.15, -0.1) is 0 Å². The molecule has 0 saturated heterocycles. The lowest BCUT2D eigenvalue weighted by Gasteiger charge is -2.15. The Morgan fingerprint density at radius 1 is 1.17 bits per heavy atom. The topological polar surface area (TPSA) is 73.8 Å². The summed E-state index contributed by atoms with van der Waals surface area (Å²) in [5, 5.41) is 3.35. The van der Waals surface area contributed by atoms with Crippen LogP contribution in [0, 0.1) is 0 Å². The van der Waals surface area contributed by atoms with E-state index in [9.17, 15) is 9.59 Å². The highest BCUT2D eigenvalue weighted by atomic mass is 16.2. The van der Waals surface area contributed by atoms with Crippen molar-refractivity contribution in [2.45, 2.75) is 19.5 Å². The molecule has 0 radical (unpaired) electrons. The molecule has 2 aromatic heterocycles. The van der Waals surface area contributed by atoms with Gasteiger partial charge >= 0.3 is 5.69 Å². The zero-order valence-corrected chi connectivity index (χ0v) is 14.1. The molecule has 0 amide bonds. The zero-order chi connectivity index (χ0) is 17.3. The van der Waals surface area contributed by atoms with Gasteiger partial charge in [0.25, 0.3) is 5.56 Å². The summed E-state index contributed by atoms with van der Waals surface area (Å²) in [6, 6.07) is 10.2. The van der Waals surface area contributed by atoms with Gasteiger partial charge in [-0.3, -0.25) is 13.9 Å². The summed E-state index contributed by atoms with van der Waals surface area (Å²) < 4.78 is 4.32. The van der Waals surface area contributed by atoms with Crippen molar-refractivity contribution >= 4 is 11.2 Å². The van der Waals surface area contributed by atoms with Gasteiger partial charge in [-0.25, -0.2) is 9.78 Å². The van der Waals surface area contributed by atoms with Gasteiger partial charge in [0.1, 0.15) is 0 Å². The Balaban J connectivity index is 1.82. The summed E-state index contributed by atoms with van der Waals surface area (Å²) in [7, 11) is 3.38. The molecule has 7 heteroatoms. The lowest BCUT2D eigenvalue weighted by Crippen LogP contribution is -2.41. The molecule has 24 heavy (non-hydrogen) atoms. The van der Waals surface area contributed by atoms with E-state index in [1.54, 1.807) is 25.0 Å². The van der Waals surface area contributed by atoms with Gasteiger partial charge in [0.2, 0.25) is 0 Å². The van der Waals surface area contributed by atoms with Gasteiger partial charge in [0, 0.05) is 33.2 Å². The lowest BCUT2D eigenvalue weighted by molar-refractivity contribution is 0.507. The summed E-state index contributed by atoms with van der Waals surface area (Å²) in [6.45, 7) is 2.89. The van der Waals surface area contributed by atoms with Crippen molar-refractivity contribution in [2.75, 3.05) is 6.54 Å². The van der Waals surface area contributed by atoms with Crippen molar-refractivity contribution in [3.8, 4) is 0 Å². The second-order valence-electron chi connectivity index (χ2n) is 5.91. The lowest BCUT2D eigenvalue weighted by atomic mass is 10.1. The van der Waals surface area contributed by atoms with Gasteiger partial charge in [-0.2, -0.15) is 0 Å². The second-order valence-corrected chi connectivity index (χ2v) is 5.91. The first-order chi connectivity index (χ1) is 11.5. The summed E-state index contributed by atoms with van der Waals surface area (Å²) in [4.78, 5) is 29.1. The van der Waals surface area contributed by atoms with Crippen LogP contribution in [0.4, 0.5) is 0 Å². The molecular weight excluding hydrogens is 306 g/mol. The van der Waals surface area contributed by atoms with E-state index in [1.807, 2.05) is 30.3 Å². The molecule has 0 aliphatic rings. The van der Waals surface area contributed by atoms with E-state index >= 15 is 0 Å². The SMILES string of the molecule is CC(NCCn1c(=O)c2c(ncn2C)n(C)c1=O)c1ccccc1. The molecule has 1 N–H and O–H groups in total.